The van der Waals surface area contributed by atoms with Gasteiger partial charge in [0.15, 0.2) is 0 Å². The number of carbonyl (C=O) groups is 3. The van der Waals surface area contributed by atoms with Gasteiger partial charge in [0.1, 0.15) is 11.9 Å². The fourth-order valence-corrected chi connectivity index (χ4v) is 2.65. The summed E-state index contributed by atoms with van der Waals surface area (Å²) in [5.74, 6) is -2.15. The molecule has 8 heteroatoms. The molecule has 0 fully saturated rings. The van der Waals surface area contributed by atoms with Crippen LogP contribution in [0.4, 0.5) is 4.39 Å². The van der Waals surface area contributed by atoms with Crippen LogP contribution in [0.1, 0.15) is 33.9 Å². The van der Waals surface area contributed by atoms with Crippen molar-refractivity contribution in [1.82, 2.24) is 16.2 Å². The molecule has 2 aromatic rings. The molecule has 25 heavy (non-hydrogen) atoms. The van der Waals surface area contributed by atoms with E-state index in [1.807, 2.05) is 0 Å². The third-order valence-corrected chi connectivity index (χ3v) is 4.25. The molecule has 6 nitrogen and oxygen atoms in total. The summed E-state index contributed by atoms with van der Waals surface area (Å²) in [6, 6.07) is 7.49. The van der Waals surface area contributed by atoms with Crippen molar-refractivity contribution in [3.8, 4) is 0 Å². The van der Waals surface area contributed by atoms with Gasteiger partial charge in [0.2, 0.25) is 0 Å². The fraction of sp³-hybridized carbons (Fsp3) is 0.235. The molecule has 3 N–H and O–H groups in total. The minimum atomic E-state index is -0.860. The Morgan fingerprint density at radius 1 is 1.00 bits per heavy atom. The van der Waals surface area contributed by atoms with Gasteiger partial charge in [0, 0.05) is 5.56 Å². The Labute approximate surface area is 148 Å². The fourth-order valence-electron chi connectivity index (χ4n) is 2.03. The summed E-state index contributed by atoms with van der Waals surface area (Å²) in [6.07, 6.45) is 0. The van der Waals surface area contributed by atoms with Crippen molar-refractivity contribution in [2.75, 3.05) is 0 Å². The topological polar surface area (TPSA) is 87.3 Å². The highest BCUT2D eigenvalue weighted by Gasteiger charge is 2.25. The standard InChI is InChI=1S/C17H18FN3O3S/c1-10(2)14(19-15(22)11-5-7-12(18)8-6-11)17(24)21-20-16(23)13-4-3-9-25-13/h3-10,14H,1-2H3,(H,19,22)(H,20,23)(H,21,24). The molecular weight excluding hydrogens is 345 g/mol. The van der Waals surface area contributed by atoms with E-state index in [9.17, 15) is 18.8 Å². The first-order chi connectivity index (χ1) is 11.9. The molecule has 1 heterocycles. The third kappa shape index (κ3) is 5.12. The second-order valence-electron chi connectivity index (χ2n) is 5.62. The largest absolute Gasteiger partial charge is 0.340 e. The summed E-state index contributed by atoms with van der Waals surface area (Å²) >= 11 is 1.24. The second-order valence-corrected chi connectivity index (χ2v) is 6.57. The van der Waals surface area contributed by atoms with Gasteiger partial charge in [-0.1, -0.05) is 19.9 Å². The van der Waals surface area contributed by atoms with E-state index in [1.165, 1.54) is 35.6 Å². The smallest absolute Gasteiger partial charge is 0.279 e. The van der Waals surface area contributed by atoms with Crippen molar-refractivity contribution in [2.45, 2.75) is 19.9 Å². The summed E-state index contributed by atoms with van der Waals surface area (Å²) in [4.78, 5) is 36.8. The van der Waals surface area contributed by atoms with E-state index in [0.29, 0.717) is 4.88 Å². The monoisotopic (exact) mass is 363 g/mol. The Morgan fingerprint density at radius 3 is 2.24 bits per heavy atom. The van der Waals surface area contributed by atoms with E-state index in [1.54, 1.807) is 31.4 Å². The van der Waals surface area contributed by atoms with E-state index < -0.39 is 29.6 Å². The van der Waals surface area contributed by atoms with Gasteiger partial charge in [-0.25, -0.2) is 4.39 Å². The molecule has 1 aromatic carbocycles. The van der Waals surface area contributed by atoms with Crippen molar-refractivity contribution in [3.63, 3.8) is 0 Å². The maximum atomic E-state index is 12.9. The van der Waals surface area contributed by atoms with Crippen LogP contribution >= 0.6 is 11.3 Å². The van der Waals surface area contributed by atoms with Gasteiger partial charge < -0.3 is 5.32 Å². The highest BCUT2D eigenvalue weighted by Crippen LogP contribution is 2.08. The van der Waals surface area contributed by atoms with E-state index in [-0.39, 0.29) is 11.5 Å². The summed E-state index contributed by atoms with van der Waals surface area (Å²) in [6.45, 7) is 3.52. The van der Waals surface area contributed by atoms with E-state index >= 15 is 0 Å². The second kappa shape index (κ2) is 8.39. The number of thiophene rings is 1. The third-order valence-electron chi connectivity index (χ3n) is 3.39. The quantitative estimate of drug-likeness (QED) is 0.711. The first-order valence-electron chi connectivity index (χ1n) is 7.58. The highest BCUT2D eigenvalue weighted by atomic mass is 32.1. The van der Waals surface area contributed by atoms with Crippen molar-refractivity contribution in [3.05, 3.63) is 58.0 Å². The number of hydrogen-bond donors (Lipinski definition) is 3. The summed E-state index contributed by atoms with van der Waals surface area (Å²) < 4.78 is 12.9. The lowest BCUT2D eigenvalue weighted by Crippen LogP contribution is -2.54. The average molecular weight is 363 g/mol. The van der Waals surface area contributed by atoms with Crippen LogP contribution < -0.4 is 16.2 Å². The van der Waals surface area contributed by atoms with Crippen LogP contribution in [0, 0.1) is 11.7 Å². The Bertz CT molecular complexity index is 745. The molecule has 3 amide bonds. The van der Waals surface area contributed by atoms with Crippen LogP contribution in [0.15, 0.2) is 41.8 Å². The molecule has 2 rings (SSSR count). The molecule has 0 aliphatic heterocycles. The molecule has 0 saturated carbocycles. The molecular formula is C17H18FN3O3S. The molecule has 0 saturated heterocycles. The zero-order chi connectivity index (χ0) is 18.4. The van der Waals surface area contributed by atoms with Crippen molar-refractivity contribution >= 4 is 29.1 Å². The highest BCUT2D eigenvalue weighted by molar-refractivity contribution is 7.12. The van der Waals surface area contributed by atoms with Gasteiger partial charge in [0.05, 0.1) is 4.88 Å². The zero-order valence-electron chi connectivity index (χ0n) is 13.7. The lowest BCUT2D eigenvalue weighted by atomic mass is 10.0. The molecule has 0 bridgehead atoms. The van der Waals surface area contributed by atoms with Crippen molar-refractivity contribution in [1.29, 1.82) is 0 Å². The van der Waals surface area contributed by atoms with E-state index in [2.05, 4.69) is 16.2 Å². The normalized spacial score (nSPS) is 11.7. The summed E-state index contributed by atoms with van der Waals surface area (Å²) in [5.41, 5.74) is 4.86. The zero-order valence-corrected chi connectivity index (χ0v) is 14.5. The molecule has 132 valence electrons. The number of amides is 3. The minimum absolute atomic E-state index is 0.219. The average Bonchev–Trinajstić information content (AvgIpc) is 3.12. The molecule has 1 atom stereocenters. The van der Waals surface area contributed by atoms with Crippen LogP contribution in [0.3, 0.4) is 0 Å². The first kappa shape index (κ1) is 18.6. The first-order valence-corrected chi connectivity index (χ1v) is 8.46. The number of hydrazine groups is 1. The maximum absolute atomic E-state index is 12.9. The van der Waals surface area contributed by atoms with Gasteiger partial charge in [0.25, 0.3) is 17.7 Å². The number of rotatable bonds is 5. The van der Waals surface area contributed by atoms with Crippen LogP contribution in [0.2, 0.25) is 0 Å². The predicted molar refractivity (Wildman–Crippen MR) is 92.4 cm³/mol. The predicted octanol–water partition coefficient (Wildman–Crippen LogP) is 2.10. The summed E-state index contributed by atoms with van der Waals surface area (Å²) in [5, 5.41) is 4.33. The lowest BCUT2D eigenvalue weighted by molar-refractivity contribution is -0.124. The Morgan fingerprint density at radius 2 is 1.68 bits per heavy atom. The molecule has 0 radical (unpaired) electrons. The van der Waals surface area contributed by atoms with Gasteiger partial charge >= 0.3 is 0 Å². The maximum Gasteiger partial charge on any atom is 0.279 e. The Hall–Kier alpha value is -2.74. The molecule has 0 aliphatic rings. The molecule has 0 spiro atoms. The number of benzene rings is 1. The van der Waals surface area contributed by atoms with Gasteiger partial charge in [-0.2, -0.15) is 0 Å². The van der Waals surface area contributed by atoms with Gasteiger partial charge in [-0.15, -0.1) is 11.3 Å². The molecule has 1 aromatic heterocycles. The Balaban J connectivity index is 1.97. The van der Waals surface area contributed by atoms with Crippen molar-refractivity contribution < 1.29 is 18.8 Å². The number of hydrogen-bond acceptors (Lipinski definition) is 4. The molecule has 1 unspecified atom stereocenters. The molecule has 0 aliphatic carbocycles. The lowest BCUT2D eigenvalue weighted by Gasteiger charge is -2.21. The van der Waals surface area contributed by atoms with Crippen LogP contribution in [-0.2, 0) is 4.79 Å². The van der Waals surface area contributed by atoms with Gasteiger partial charge in [-0.05, 0) is 41.6 Å². The van der Waals surface area contributed by atoms with Gasteiger partial charge in [-0.3, -0.25) is 25.2 Å². The van der Waals surface area contributed by atoms with E-state index in [0.717, 1.165) is 0 Å². The SMILES string of the molecule is CC(C)C(NC(=O)c1ccc(F)cc1)C(=O)NNC(=O)c1cccs1. The van der Waals surface area contributed by atoms with Crippen LogP contribution in [0.5, 0.6) is 0 Å². The number of halogens is 1. The van der Waals surface area contributed by atoms with E-state index in [4.69, 9.17) is 0 Å². The van der Waals surface area contributed by atoms with Crippen LogP contribution in [-0.4, -0.2) is 23.8 Å². The minimum Gasteiger partial charge on any atom is -0.340 e. The number of carbonyl (C=O) groups excluding carboxylic acids is 3. The van der Waals surface area contributed by atoms with Crippen molar-refractivity contribution in [2.24, 2.45) is 5.92 Å². The Kier molecular flexibility index (Phi) is 6.24. The number of nitrogens with one attached hydrogen (secondary N) is 3. The summed E-state index contributed by atoms with van der Waals surface area (Å²) in [7, 11) is 0. The van der Waals surface area contributed by atoms with Crippen LogP contribution in [0.25, 0.3) is 0 Å².